The van der Waals surface area contributed by atoms with Crippen LogP contribution in [0.15, 0.2) is 30.5 Å². The number of para-hydroxylation sites is 1. The maximum absolute atomic E-state index is 12.9. The highest BCUT2D eigenvalue weighted by molar-refractivity contribution is 5.88. The number of anilines is 1. The molecule has 0 atom stereocenters. The van der Waals surface area contributed by atoms with Crippen molar-refractivity contribution in [3.05, 3.63) is 52.8 Å². The number of methoxy groups -OCH3 is 1. The molecule has 1 aromatic heterocycles. The van der Waals surface area contributed by atoms with E-state index in [4.69, 9.17) is 9.47 Å². The maximum Gasteiger partial charge on any atom is 0.415 e. The summed E-state index contributed by atoms with van der Waals surface area (Å²) in [5.41, 5.74) is 3.90. The van der Waals surface area contributed by atoms with Gasteiger partial charge >= 0.3 is 6.09 Å². The highest BCUT2D eigenvalue weighted by atomic mass is 16.6. The Hall–Kier alpha value is -2.56. The van der Waals surface area contributed by atoms with Crippen molar-refractivity contribution in [3.8, 4) is 5.75 Å². The number of pyridine rings is 1. The number of carbonyl (C=O) groups is 1. The summed E-state index contributed by atoms with van der Waals surface area (Å²) in [7, 11) is 1.64. The normalized spacial score (nSPS) is 11.2. The van der Waals surface area contributed by atoms with Crippen LogP contribution in [0.2, 0.25) is 0 Å². The first-order valence-corrected chi connectivity index (χ1v) is 8.69. The van der Waals surface area contributed by atoms with E-state index in [-0.39, 0.29) is 0 Å². The lowest BCUT2D eigenvalue weighted by Crippen LogP contribution is -2.37. The van der Waals surface area contributed by atoms with Gasteiger partial charge in [0, 0.05) is 17.3 Å². The van der Waals surface area contributed by atoms with Crippen LogP contribution < -0.4 is 9.64 Å². The Morgan fingerprint density at radius 3 is 2.35 bits per heavy atom. The number of carbonyl (C=O) groups excluding carboxylic acids is 1. The number of aryl methyl sites for hydroxylation is 2. The molecular weight excluding hydrogens is 328 g/mol. The molecule has 0 fully saturated rings. The second-order valence-corrected chi connectivity index (χ2v) is 7.40. The smallest absolute Gasteiger partial charge is 0.415 e. The molecule has 0 bridgehead atoms. The van der Waals surface area contributed by atoms with Gasteiger partial charge in [-0.2, -0.15) is 0 Å². The van der Waals surface area contributed by atoms with Crippen LogP contribution in [0.25, 0.3) is 0 Å². The van der Waals surface area contributed by atoms with E-state index in [9.17, 15) is 4.79 Å². The van der Waals surface area contributed by atoms with E-state index >= 15 is 0 Å². The summed E-state index contributed by atoms with van der Waals surface area (Å²) in [5.74, 6) is 0.795. The van der Waals surface area contributed by atoms with Gasteiger partial charge in [-0.05, 0) is 53.2 Å². The van der Waals surface area contributed by atoms with Crippen molar-refractivity contribution in [1.82, 2.24) is 4.98 Å². The number of hydrogen-bond acceptors (Lipinski definition) is 4. The molecule has 140 valence electrons. The van der Waals surface area contributed by atoms with E-state index < -0.39 is 11.7 Å². The number of ether oxygens (including phenoxy) is 2. The summed E-state index contributed by atoms with van der Waals surface area (Å²) in [6.07, 6.45) is 1.37. The van der Waals surface area contributed by atoms with Gasteiger partial charge in [0.2, 0.25) is 0 Å². The summed E-state index contributed by atoms with van der Waals surface area (Å²) in [6.45, 7) is 11.8. The first kappa shape index (κ1) is 19.8. The van der Waals surface area contributed by atoms with Crippen molar-refractivity contribution in [2.45, 2.75) is 53.7 Å². The molecule has 1 amide bonds. The number of aromatic nitrogens is 1. The number of nitrogens with zero attached hydrogens (tertiary/aromatic N) is 2. The Balaban J connectivity index is 2.46. The third kappa shape index (κ3) is 4.54. The molecule has 1 heterocycles. The molecule has 5 nitrogen and oxygen atoms in total. The fourth-order valence-corrected chi connectivity index (χ4v) is 2.81. The van der Waals surface area contributed by atoms with E-state index in [1.807, 2.05) is 65.8 Å². The van der Waals surface area contributed by atoms with Crippen molar-refractivity contribution < 1.29 is 14.3 Å². The molecule has 0 saturated carbocycles. The van der Waals surface area contributed by atoms with E-state index in [0.717, 1.165) is 33.8 Å². The SMILES string of the molecule is COc1c(C)cnc(CN(C(=O)OC(C)(C)C)c2ccccc2C)c1C. The van der Waals surface area contributed by atoms with Crippen LogP contribution in [0.3, 0.4) is 0 Å². The predicted molar refractivity (Wildman–Crippen MR) is 104 cm³/mol. The van der Waals surface area contributed by atoms with Crippen LogP contribution in [0.5, 0.6) is 5.75 Å². The van der Waals surface area contributed by atoms with Crippen molar-refractivity contribution in [2.75, 3.05) is 12.0 Å². The Morgan fingerprint density at radius 2 is 1.77 bits per heavy atom. The Morgan fingerprint density at radius 1 is 1.12 bits per heavy atom. The minimum absolute atomic E-state index is 0.308. The molecule has 0 saturated heterocycles. The molecule has 0 aliphatic rings. The van der Waals surface area contributed by atoms with Crippen molar-refractivity contribution in [2.24, 2.45) is 0 Å². The van der Waals surface area contributed by atoms with Crippen molar-refractivity contribution >= 4 is 11.8 Å². The molecule has 0 aliphatic carbocycles. The second-order valence-electron chi connectivity index (χ2n) is 7.40. The minimum atomic E-state index is -0.578. The number of amides is 1. The molecule has 1 aromatic carbocycles. The molecule has 0 radical (unpaired) electrons. The van der Waals surface area contributed by atoms with Crippen LogP contribution >= 0.6 is 0 Å². The lowest BCUT2D eigenvalue weighted by Gasteiger charge is -2.29. The van der Waals surface area contributed by atoms with Gasteiger partial charge in [0.1, 0.15) is 11.4 Å². The molecule has 5 heteroatoms. The van der Waals surface area contributed by atoms with E-state index in [1.54, 1.807) is 18.2 Å². The van der Waals surface area contributed by atoms with Gasteiger partial charge in [0.05, 0.1) is 25.0 Å². The Bertz CT molecular complexity index is 794. The standard InChI is InChI=1S/C21H28N2O3/c1-14-10-8-9-11-18(14)23(20(24)26-21(4,5)6)13-17-16(3)19(25-7)15(2)12-22-17/h8-12H,13H2,1-7H3. The van der Waals surface area contributed by atoms with Crippen LogP contribution in [0.4, 0.5) is 10.5 Å². The van der Waals surface area contributed by atoms with Gasteiger partial charge in [-0.15, -0.1) is 0 Å². The fourth-order valence-electron chi connectivity index (χ4n) is 2.81. The molecule has 0 aliphatic heterocycles. The van der Waals surface area contributed by atoms with Crippen molar-refractivity contribution in [1.29, 1.82) is 0 Å². The summed E-state index contributed by atoms with van der Waals surface area (Å²) < 4.78 is 11.1. The van der Waals surface area contributed by atoms with Gasteiger partial charge in [-0.3, -0.25) is 9.88 Å². The minimum Gasteiger partial charge on any atom is -0.496 e. The summed E-state index contributed by atoms with van der Waals surface area (Å²) in [5, 5.41) is 0. The summed E-state index contributed by atoms with van der Waals surface area (Å²) in [4.78, 5) is 19.1. The lowest BCUT2D eigenvalue weighted by atomic mass is 10.1. The number of rotatable bonds is 4. The molecule has 26 heavy (non-hydrogen) atoms. The van der Waals surface area contributed by atoms with E-state index in [2.05, 4.69) is 4.98 Å². The number of benzene rings is 1. The largest absolute Gasteiger partial charge is 0.496 e. The monoisotopic (exact) mass is 356 g/mol. The predicted octanol–water partition coefficient (Wildman–Crippen LogP) is 4.96. The summed E-state index contributed by atoms with van der Waals surface area (Å²) >= 11 is 0. The second kappa shape index (κ2) is 7.77. The summed E-state index contributed by atoms with van der Waals surface area (Å²) in [6, 6.07) is 7.75. The van der Waals surface area contributed by atoms with Crippen LogP contribution in [0, 0.1) is 20.8 Å². The number of hydrogen-bond donors (Lipinski definition) is 0. The Labute approximate surface area is 156 Å². The molecular formula is C21H28N2O3. The third-order valence-electron chi connectivity index (χ3n) is 4.08. The molecule has 0 spiro atoms. The first-order chi connectivity index (χ1) is 12.1. The van der Waals surface area contributed by atoms with Gasteiger partial charge in [0.15, 0.2) is 0 Å². The molecule has 0 N–H and O–H groups in total. The van der Waals surface area contributed by atoms with E-state index in [1.165, 1.54) is 0 Å². The average molecular weight is 356 g/mol. The van der Waals surface area contributed by atoms with Gasteiger partial charge in [-0.25, -0.2) is 4.79 Å². The first-order valence-electron chi connectivity index (χ1n) is 8.69. The molecule has 2 aromatic rings. The third-order valence-corrected chi connectivity index (χ3v) is 4.08. The highest BCUT2D eigenvalue weighted by Crippen LogP contribution is 2.28. The highest BCUT2D eigenvalue weighted by Gasteiger charge is 2.26. The zero-order valence-electron chi connectivity index (χ0n) is 16.7. The van der Waals surface area contributed by atoms with Crippen LogP contribution in [-0.4, -0.2) is 23.8 Å². The van der Waals surface area contributed by atoms with Gasteiger partial charge in [0.25, 0.3) is 0 Å². The van der Waals surface area contributed by atoms with Crippen LogP contribution in [0.1, 0.15) is 43.2 Å². The molecule has 2 rings (SSSR count). The van der Waals surface area contributed by atoms with Crippen LogP contribution in [-0.2, 0) is 11.3 Å². The lowest BCUT2D eigenvalue weighted by molar-refractivity contribution is 0.0576. The zero-order valence-corrected chi connectivity index (χ0v) is 16.7. The van der Waals surface area contributed by atoms with Gasteiger partial charge in [-0.1, -0.05) is 18.2 Å². The average Bonchev–Trinajstić information content (AvgIpc) is 2.54. The van der Waals surface area contributed by atoms with Gasteiger partial charge < -0.3 is 9.47 Å². The molecule has 0 unspecified atom stereocenters. The quantitative estimate of drug-likeness (QED) is 0.777. The topological polar surface area (TPSA) is 51.7 Å². The van der Waals surface area contributed by atoms with E-state index in [0.29, 0.717) is 6.54 Å². The Kier molecular flexibility index (Phi) is 5.90. The fraction of sp³-hybridized carbons (Fsp3) is 0.429. The zero-order chi connectivity index (χ0) is 19.5. The maximum atomic E-state index is 12.9. The van der Waals surface area contributed by atoms with Crippen molar-refractivity contribution in [3.63, 3.8) is 0 Å².